The molecule has 5 nitrogen and oxygen atoms in total. The molecule has 1 aromatic carbocycles. The van der Waals surface area contributed by atoms with Crippen LogP contribution in [0.5, 0.6) is 5.75 Å². The van der Waals surface area contributed by atoms with Gasteiger partial charge in [-0.15, -0.1) is 12.3 Å². The Kier molecular flexibility index (Phi) is 4.28. The molecule has 0 aliphatic carbocycles. The van der Waals surface area contributed by atoms with Gasteiger partial charge >= 0.3 is 0 Å². The maximum absolute atomic E-state index is 13.1. The van der Waals surface area contributed by atoms with Gasteiger partial charge in [0.25, 0.3) is 0 Å². The largest absolute Gasteiger partial charge is 0.491 e. The van der Waals surface area contributed by atoms with Gasteiger partial charge in [0.2, 0.25) is 5.91 Å². The Labute approximate surface area is 134 Å². The minimum absolute atomic E-state index is 0.0541. The summed E-state index contributed by atoms with van der Waals surface area (Å²) < 4.78 is 18.6. The summed E-state index contributed by atoms with van der Waals surface area (Å²) in [6, 6.07) is 4.37. The fraction of sp³-hybridized carbons (Fsp3) is 0.471. The van der Waals surface area contributed by atoms with Gasteiger partial charge in [-0.05, 0) is 18.1 Å². The molecule has 6 heteroatoms. The van der Waals surface area contributed by atoms with E-state index in [0.29, 0.717) is 44.5 Å². The first-order valence-electron chi connectivity index (χ1n) is 7.68. The van der Waals surface area contributed by atoms with Gasteiger partial charge in [-0.1, -0.05) is 6.07 Å². The summed E-state index contributed by atoms with van der Waals surface area (Å²) in [5.41, 5.74) is 0.470. The van der Waals surface area contributed by atoms with Crippen LogP contribution in [0, 0.1) is 18.2 Å². The van der Waals surface area contributed by atoms with Gasteiger partial charge in [0, 0.05) is 31.7 Å². The lowest BCUT2D eigenvalue weighted by molar-refractivity contribution is -0.122. The maximum Gasteiger partial charge on any atom is 0.220 e. The first kappa shape index (κ1) is 15.5. The zero-order chi connectivity index (χ0) is 16.3. The highest BCUT2D eigenvalue weighted by Gasteiger charge is 2.39. The highest BCUT2D eigenvalue weighted by atomic mass is 19.1. The summed E-state index contributed by atoms with van der Waals surface area (Å²) >= 11 is 0. The molecule has 120 valence electrons. The van der Waals surface area contributed by atoms with E-state index in [1.54, 1.807) is 6.07 Å². The van der Waals surface area contributed by atoms with Crippen molar-refractivity contribution in [3.05, 3.63) is 29.6 Å². The van der Waals surface area contributed by atoms with E-state index in [-0.39, 0.29) is 17.8 Å². The molecule has 1 atom stereocenters. The van der Waals surface area contributed by atoms with Gasteiger partial charge in [0.15, 0.2) is 5.66 Å². The second-order valence-electron chi connectivity index (χ2n) is 5.92. The van der Waals surface area contributed by atoms with Gasteiger partial charge in [-0.3, -0.25) is 4.79 Å². The van der Waals surface area contributed by atoms with E-state index in [1.165, 1.54) is 12.1 Å². The van der Waals surface area contributed by atoms with Crippen LogP contribution in [0.1, 0.15) is 31.2 Å². The third-order valence-corrected chi connectivity index (χ3v) is 4.11. The highest BCUT2D eigenvalue weighted by molar-refractivity contribution is 5.76. The maximum atomic E-state index is 13.1. The molecule has 1 amide bonds. The summed E-state index contributed by atoms with van der Waals surface area (Å²) in [4.78, 5) is 12.1. The van der Waals surface area contributed by atoms with Crippen molar-refractivity contribution < 1.29 is 13.9 Å². The molecule has 0 saturated carbocycles. The SMILES string of the molecule is C#CCCC1(CCC(=O)NC2COc3cc(F)ccc3C2)N=N1. The smallest absolute Gasteiger partial charge is 0.220 e. The van der Waals surface area contributed by atoms with Crippen molar-refractivity contribution in [2.45, 2.75) is 43.8 Å². The van der Waals surface area contributed by atoms with E-state index >= 15 is 0 Å². The highest BCUT2D eigenvalue weighted by Crippen LogP contribution is 2.37. The number of halogens is 1. The van der Waals surface area contributed by atoms with Gasteiger partial charge in [0.1, 0.15) is 18.2 Å². The molecule has 2 aliphatic rings. The number of nitrogens with one attached hydrogen (secondary N) is 1. The van der Waals surface area contributed by atoms with Crippen LogP contribution in [0.25, 0.3) is 0 Å². The molecule has 0 fully saturated rings. The molecule has 3 rings (SSSR count). The van der Waals surface area contributed by atoms with Crippen LogP contribution in [-0.4, -0.2) is 24.2 Å². The van der Waals surface area contributed by atoms with E-state index < -0.39 is 5.66 Å². The normalized spacial score (nSPS) is 20.1. The molecular weight excluding hydrogens is 297 g/mol. The lowest BCUT2D eigenvalue weighted by Gasteiger charge is -2.26. The molecule has 1 aromatic rings. The van der Waals surface area contributed by atoms with Crippen molar-refractivity contribution in [1.82, 2.24) is 5.32 Å². The molecule has 0 spiro atoms. The summed E-state index contributed by atoms with van der Waals surface area (Å²) in [5, 5.41) is 11.0. The number of benzene rings is 1. The quantitative estimate of drug-likeness (QED) is 0.820. The fourth-order valence-corrected chi connectivity index (χ4v) is 2.72. The first-order chi connectivity index (χ1) is 11.1. The Morgan fingerprint density at radius 1 is 1.48 bits per heavy atom. The number of hydrogen-bond acceptors (Lipinski definition) is 4. The van der Waals surface area contributed by atoms with Crippen LogP contribution in [0.3, 0.4) is 0 Å². The summed E-state index contributed by atoms with van der Waals surface area (Å²) in [5.74, 6) is 2.75. The van der Waals surface area contributed by atoms with Gasteiger partial charge in [-0.2, -0.15) is 10.2 Å². The molecular formula is C17H18FN3O2. The zero-order valence-corrected chi connectivity index (χ0v) is 12.7. The number of rotatable bonds is 6. The van der Waals surface area contributed by atoms with Crippen LogP contribution in [0.4, 0.5) is 4.39 Å². The van der Waals surface area contributed by atoms with E-state index in [1.807, 2.05) is 0 Å². The van der Waals surface area contributed by atoms with Gasteiger partial charge in [0.05, 0.1) is 6.04 Å². The third-order valence-electron chi connectivity index (χ3n) is 4.11. The number of amides is 1. The van der Waals surface area contributed by atoms with Crippen LogP contribution in [-0.2, 0) is 11.2 Å². The molecule has 0 radical (unpaired) electrons. The van der Waals surface area contributed by atoms with Crippen molar-refractivity contribution >= 4 is 5.91 Å². The van der Waals surface area contributed by atoms with E-state index in [4.69, 9.17) is 11.2 Å². The number of terminal acetylenes is 1. The average molecular weight is 315 g/mol. The lowest BCUT2D eigenvalue weighted by Crippen LogP contribution is -2.43. The van der Waals surface area contributed by atoms with Crippen LogP contribution < -0.4 is 10.1 Å². The Hall–Kier alpha value is -2.42. The number of ether oxygens (including phenoxy) is 1. The molecule has 1 N–H and O–H groups in total. The van der Waals surface area contributed by atoms with Crippen LogP contribution >= 0.6 is 0 Å². The van der Waals surface area contributed by atoms with Gasteiger partial charge < -0.3 is 10.1 Å². The molecule has 2 heterocycles. The molecule has 1 unspecified atom stereocenters. The number of fused-ring (bicyclic) bond motifs is 1. The average Bonchev–Trinajstić information content (AvgIpc) is 3.32. The number of nitrogens with zero attached hydrogens (tertiary/aromatic N) is 2. The van der Waals surface area contributed by atoms with E-state index in [0.717, 1.165) is 5.56 Å². The Morgan fingerprint density at radius 3 is 3.04 bits per heavy atom. The molecule has 0 aromatic heterocycles. The molecule has 2 aliphatic heterocycles. The summed E-state index contributed by atoms with van der Waals surface area (Å²) in [6.07, 6.45) is 8.12. The summed E-state index contributed by atoms with van der Waals surface area (Å²) in [7, 11) is 0. The molecule has 23 heavy (non-hydrogen) atoms. The van der Waals surface area contributed by atoms with Crippen molar-refractivity contribution in [2.75, 3.05) is 6.61 Å². The topological polar surface area (TPSA) is 63.0 Å². The minimum Gasteiger partial charge on any atom is -0.491 e. The van der Waals surface area contributed by atoms with Crippen LogP contribution in [0.2, 0.25) is 0 Å². The number of carbonyl (C=O) groups excluding carboxylic acids is 1. The van der Waals surface area contributed by atoms with Crippen molar-refractivity contribution in [3.8, 4) is 18.1 Å². The Balaban J connectivity index is 1.46. The third kappa shape index (κ3) is 3.86. The second kappa shape index (κ2) is 6.37. The minimum atomic E-state index is -0.434. The molecule has 0 saturated heterocycles. The van der Waals surface area contributed by atoms with Crippen molar-refractivity contribution in [2.24, 2.45) is 10.2 Å². The Bertz CT molecular complexity index is 675. The predicted molar refractivity (Wildman–Crippen MR) is 82.4 cm³/mol. The zero-order valence-electron chi connectivity index (χ0n) is 12.7. The number of carbonyl (C=O) groups is 1. The molecule has 0 bridgehead atoms. The second-order valence-corrected chi connectivity index (χ2v) is 5.92. The van der Waals surface area contributed by atoms with Crippen molar-refractivity contribution in [1.29, 1.82) is 0 Å². The summed E-state index contributed by atoms with van der Waals surface area (Å²) in [6.45, 7) is 0.346. The first-order valence-corrected chi connectivity index (χ1v) is 7.68. The van der Waals surface area contributed by atoms with Crippen LogP contribution in [0.15, 0.2) is 28.4 Å². The van der Waals surface area contributed by atoms with E-state index in [9.17, 15) is 9.18 Å². The van der Waals surface area contributed by atoms with Gasteiger partial charge in [-0.25, -0.2) is 4.39 Å². The number of hydrogen-bond donors (Lipinski definition) is 1. The lowest BCUT2D eigenvalue weighted by atomic mass is 10.0. The van der Waals surface area contributed by atoms with E-state index in [2.05, 4.69) is 21.5 Å². The monoisotopic (exact) mass is 315 g/mol. The predicted octanol–water partition coefficient (Wildman–Crippen LogP) is 2.60. The Morgan fingerprint density at radius 2 is 2.30 bits per heavy atom. The van der Waals surface area contributed by atoms with Crippen molar-refractivity contribution in [3.63, 3.8) is 0 Å². The fourth-order valence-electron chi connectivity index (χ4n) is 2.72. The standard InChI is InChI=1S/C17H18FN3O2/c1-2-3-7-17(20-21-17)8-6-16(22)19-14-9-12-4-5-13(18)10-15(12)23-11-14/h1,4-5,10,14H,3,6-9,11H2,(H,19,22).